The first-order valence-corrected chi connectivity index (χ1v) is 8.96. The lowest BCUT2D eigenvalue weighted by Crippen LogP contribution is -2.40. The van der Waals surface area contributed by atoms with Crippen LogP contribution in [0, 0.1) is 6.92 Å². The van der Waals surface area contributed by atoms with Gasteiger partial charge in [0.25, 0.3) is 0 Å². The Balaban J connectivity index is 1.65. The van der Waals surface area contributed by atoms with Crippen molar-refractivity contribution in [1.29, 1.82) is 0 Å². The van der Waals surface area contributed by atoms with E-state index < -0.39 is 0 Å². The molecule has 2 aromatic heterocycles. The Morgan fingerprint density at radius 1 is 1.57 bits per heavy atom. The first-order chi connectivity index (χ1) is 11.1. The van der Waals surface area contributed by atoms with Crippen LogP contribution in [0.4, 0.5) is 4.79 Å². The fourth-order valence-electron chi connectivity index (χ4n) is 3.08. The smallest absolute Gasteiger partial charge is 0.315 e. The summed E-state index contributed by atoms with van der Waals surface area (Å²) in [6.07, 6.45) is 5.76. The van der Waals surface area contributed by atoms with Gasteiger partial charge in [-0.25, -0.2) is 9.78 Å². The van der Waals surface area contributed by atoms with E-state index in [-0.39, 0.29) is 18.1 Å². The Labute approximate surface area is 140 Å². The van der Waals surface area contributed by atoms with E-state index in [4.69, 9.17) is 0 Å². The third-order valence-corrected chi connectivity index (χ3v) is 5.41. The van der Waals surface area contributed by atoms with Gasteiger partial charge < -0.3 is 10.6 Å². The average Bonchev–Trinajstić information content (AvgIpc) is 3.12. The van der Waals surface area contributed by atoms with Crippen LogP contribution in [0.2, 0.25) is 0 Å². The monoisotopic (exact) mass is 333 g/mol. The Bertz CT molecular complexity index is 692. The first-order valence-electron chi connectivity index (χ1n) is 8.08. The molecule has 2 heterocycles. The number of carbonyl (C=O) groups excluding carboxylic acids is 1. The summed E-state index contributed by atoms with van der Waals surface area (Å²) in [5.41, 5.74) is 3.37. The summed E-state index contributed by atoms with van der Waals surface area (Å²) in [4.78, 5) is 16.9. The number of amides is 2. The van der Waals surface area contributed by atoms with Crippen LogP contribution in [-0.4, -0.2) is 20.8 Å². The van der Waals surface area contributed by atoms with Gasteiger partial charge in [0.2, 0.25) is 0 Å². The molecule has 1 aliphatic rings. The number of nitrogens with zero attached hydrogens (tertiary/aromatic N) is 3. The number of hydrogen-bond acceptors (Lipinski definition) is 4. The second kappa shape index (κ2) is 6.70. The molecular weight excluding hydrogens is 310 g/mol. The highest BCUT2D eigenvalue weighted by Crippen LogP contribution is 2.29. The number of thiazole rings is 1. The molecule has 2 atom stereocenters. The minimum Gasteiger partial charge on any atom is -0.331 e. The summed E-state index contributed by atoms with van der Waals surface area (Å²) in [5.74, 6) is 0. The second-order valence-electron chi connectivity index (χ2n) is 6.02. The summed E-state index contributed by atoms with van der Waals surface area (Å²) in [6, 6.07) is -0.125. The third-order valence-electron chi connectivity index (χ3n) is 4.33. The predicted molar refractivity (Wildman–Crippen MR) is 90.4 cm³/mol. The number of aryl methyl sites for hydroxylation is 2. The van der Waals surface area contributed by atoms with E-state index in [0.29, 0.717) is 0 Å². The summed E-state index contributed by atoms with van der Waals surface area (Å²) in [6.45, 7) is 4.03. The van der Waals surface area contributed by atoms with E-state index in [0.717, 1.165) is 41.9 Å². The van der Waals surface area contributed by atoms with Gasteiger partial charge in [0, 0.05) is 29.4 Å². The molecule has 0 radical (unpaired) electrons. The summed E-state index contributed by atoms with van der Waals surface area (Å²) in [7, 11) is 1.96. The number of nitrogens with one attached hydrogen (secondary N) is 2. The van der Waals surface area contributed by atoms with Crippen molar-refractivity contribution in [2.24, 2.45) is 7.05 Å². The number of carbonyl (C=O) groups is 1. The molecule has 7 heteroatoms. The molecule has 0 saturated carbocycles. The zero-order chi connectivity index (χ0) is 16.4. The van der Waals surface area contributed by atoms with Gasteiger partial charge in [-0.3, -0.25) is 4.68 Å². The van der Waals surface area contributed by atoms with Gasteiger partial charge in [0.1, 0.15) is 5.01 Å². The summed E-state index contributed by atoms with van der Waals surface area (Å²) in [5, 5.41) is 13.5. The Kier molecular flexibility index (Phi) is 4.66. The van der Waals surface area contributed by atoms with E-state index in [2.05, 4.69) is 27.6 Å². The van der Waals surface area contributed by atoms with E-state index >= 15 is 0 Å². The largest absolute Gasteiger partial charge is 0.331 e. The Hall–Kier alpha value is -1.89. The van der Waals surface area contributed by atoms with Crippen LogP contribution < -0.4 is 10.6 Å². The van der Waals surface area contributed by atoms with Crippen molar-refractivity contribution in [3.8, 4) is 0 Å². The Morgan fingerprint density at radius 3 is 3.09 bits per heavy atom. The molecule has 0 saturated heterocycles. The molecule has 0 fully saturated rings. The first kappa shape index (κ1) is 16.0. The minimum atomic E-state index is -0.133. The molecule has 6 nitrogen and oxygen atoms in total. The van der Waals surface area contributed by atoms with Gasteiger partial charge in [0.15, 0.2) is 0 Å². The molecule has 0 aromatic carbocycles. The van der Waals surface area contributed by atoms with Crippen LogP contribution in [0.15, 0.2) is 11.6 Å². The topological polar surface area (TPSA) is 71.8 Å². The molecule has 23 heavy (non-hydrogen) atoms. The summed E-state index contributed by atoms with van der Waals surface area (Å²) >= 11 is 1.60. The van der Waals surface area contributed by atoms with Crippen molar-refractivity contribution in [3.63, 3.8) is 0 Å². The normalized spacial score (nSPS) is 18.3. The standard InChI is InChI=1S/C16H23N5OS/c1-4-12(15-18-10(2)9-23-15)19-16(22)20-13-6-5-7-14-11(13)8-17-21(14)3/h8-9,12-13H,4-7H2,1-3H3,(H2,19,20,22)/t12-,13-/m1/s1. The van der Waals surface area contributed by atoms with Crippen molar-refractivity contribution < 1.29 is 4.79 Å². The van der Waals surface area contributed by atoms with Crippen LogP contribution in [0.1, 0.15) is 60.2 Å². The molecule has 3 rings (SSSR count). The number of aromatic nitrogens is 3. The molecule has 2 N–H and O–H groups in total. The molecule has 2 amide bonds. The van der Waals surface area contributed by atoms with Crippen LogP contribution in [0.5, 0.6) is 0 Å². The minimum absolute atomic E-state index is 0.0364. The zero-order valence-corrected chi connectivity index (χ0v) is 14.6. The van der Waals surface area contributed by atoms with Crippen molar-refractivity contribution >= 4 is 17.4 Å². The lowest BCUT2D eigenvalue weighted by Gasteiger charge is -2.25. The highest BCUT2D eigenvalue weighted by molar-refractivity contribution is 7.09. The second-order valence-corrected chi connectivity index (χ2v) is 6.91. The van der Waals surface area contributed by atoms with E-state index in [1.165, 1.54) is 5.69 Å². The molecule has 2 aromatic rings. The SMILES string of the molecule is CC[C@@H](NC(=O)N[C@@H]1CCCc2c1cnn2C)c1nc(C)cs1. The van der Waals surface area contributed by atoms with Gasteiger partial charge in [-0.05, 0) is 32.6 Å². The van der Waals surface area contributed by atoms with Crippen LogP contribution in [0.25, 0.3) is 0 Å². The van der Waals surface area contributed by atoms with Crippen molar-refractivity contribution in [2.45, 2.75) is 51.6 Å². The van der Waals surface area contributed by atoms with Gasteiger partial charge in [-0.1, -0.05) is 6.92 Å². The quantitative estimate of drug-likeness (QED) is 0.903. The fourth-order valence-corrected chi connectivity index (χ4v) is 4.02. The van der Waals surface area contributed by atoms with Crippen molar-refractivity contribution in [2.75, 3.05) is 0 Å². The highest BCUT2D eigenvalue weighted by atomic mass is 32.1. The van der Waals surface area contributed by atoms with Crippen LogP contribution >= 0.6 is 11.3 Å². The van der Waals surface area contributed by atoms with Gasteiger partial charge in [-0.15, -0.1) is 11.3 Å². The Morgan fingerprint density at radius 2 is 2.39 bits per heavy atom. The number of hydrogen-bond donors (Lipinski definition) is 2. The average molecular weight is 333 g/mol. The van der Waals surface area contributed by atoms with Crippen LogP contribution in [0.3, 0.4) is 0 Å². The van der Waals surface area contributed by atoms with Gasteiger partial charge >= 0.3 is 6.03 Å². The van der Waals surface area contributed by atoms with Crippen LogP contribution in [-0.2, 0) is 13.5 Å². The maximum absolute atomic E-state index is 12.4. The predicted octanol–water partition coefficient (Wildman–Crippen LogP) is 3.01. The van der Waals surface area contributed by atoms with Crippen molar-refractivity contribution in [1.82, 2.24) is 25.4 Å². The van der Waals surface area contributed by atoms with Crippen molar-refractivity contribution in [3.05, 3.63) is 33.5 Å². The highest BCUT2D eigenvalue weighted by Gasteiger charge is 2.25. The third kappa shape index (κ3) is 3.39. The van der Waals surface area contributed by atoms with Gasteiger partial charge in [-0.2, -0.15) is 5.10 Å². The number of urea groups is 1. The molecule has 1 aliphatic carbocycles. The lowest BCUT2D eigenvalue weighted by molar-refractivity contribution is 0.231. The maximum Gasteiger partial charge on any atom is 0.315 e. The fraction of sp³-hybridized carbons (Fsp3) is 0.562. The van der Waals surface area contributed by atoms with E-state index in [1.807, 2.05) is 30.2 Å². The number of fused-ring (bicyclic) bond motifs is 1. The maximum atomic E-state index is 12.4. The van der Waals surface area contributed by atoms with E-state index in [9.17, 15) is 4.79 Å². The molecule has 0 aliphatic heterocycles. The molecule has 124 valence electrons. The molecule has 0 bridgehead atoms. The number of rotatable bonds is 4. The molecule has 0 unspecified atom stereocenters. The molecular formula is C16H23N5OS. The zero-order valence-electron chi connectivity index (χ0n) is 13.8. The summed E-state index contributed by atoms with van der Waals surface area (Å²) < 4.78 is 1.91. The molecule has 0 spiro atoms. The van der Waals surface area contributed by atoms with E-state index in [1.54, 1.807) is 11.3 Å². The van der Waals surface area contributed by atoms with Gasteiger partial charge in [0.05, 0.1) is 18.3 Å². The lowest BCUT2D eigenvalue weighted by atomic mass is 9.93.